The smallest absolute Gasteiger partial charge is 0.0237 e. The molecule has 0 aromatic heterocycles. The minimum atomic E-state index is 0.207. The van der Waals surface area contributed by atoms with Gasteiger partial charge in [0.1, 0.15) is 0 Å². The van der Waals surface area contributed by atoms with E-state index in [1.165, 1.54) is 11.1 Å². The molecule has 1 rings (SSSR count). The van der Waals surface area contributed by atoms with Gasteiger partial charge in [0.05, 0.1) is 0 Å². The van der Waals surface area contributed by atoms with E-state index in [-0.39, 0.29) is 5.41 Å². The van der Waals surface area contributed by atoms with Crippen LogP contribution in [-0.4, -0.2) is 24.5 Å². The molecule has 0 spiro atoms. The molecule has 0 aliphatic rings. The second-order valence-corrected chi connectivity index (χ2v) is 5.56. The SMILES string of the molecule is CCN(CCN)Cc1ccccc1C(C)(C)C. The molecule has 0 heterocycles. The maximum atomic E-state index is 5.64. The monoisotopic (exact) mass is 234 g/mol. The first-order chi connectivity index (χ1) is 7.99. The van der Waals surface area contributed by atoms with Gasteiger partial charge in [0.2, 0.25) is 0 Å². The zero-order chi connectivity index (χ0) is 12.9. The van der Waals surface area contributed by atoms with Crippen molar-refractivity contribution in [2.45, 2.75) is 39.7 Å². The van der Waals surface area contributed by atoms with Crippen molar-refractivity contribution in [2.24, 2.45) is 5.73 Å². The van der Waals surface area contributed by atoms with Crippen molar-refractivity contribution >= 4 is 0 Å². The summed E-state index contributed by atoms with van der Waals surface area (Å²) in [5.41, 5.74) is 8.71. The lowest BCUT2D eigenvalue weighted by Crippen LogP contribution is -2.30. The second-order valence-electron chi connectivity index (χ2n) is 5.56. The maximum Gasteiger partial charge on any atom is 0.0237 e. The summed E-state index contributed by atoms with van der Waals surface area (Å²) in [5.74, 6) is 0. The van der Waals surface area contributed by atoms with Crippen molar-refractivity contribution in [1.82, 2.24) is 4.90 Å². The van der Waals surface area contributed by atoms with Gasteiger partial charge in [-0.15, -0.1) is 0 Å². The van der Waals surface area contributed by atoms with Crippen LogP contribution in [-0.2, 0) is 12.0 Å². The summed E-state index contributed by atoms with van der Waals surface area (Å²) in [6.45, 7) is 12.7. The first-order valence-corrected chi connectivity index (χ1v) is 6.49. The van der Waals surface area contributed by atoms with E-state index in [9.17, 15) is 0 Å². The molecule has 0 saturated heterocycles. The predicted octanol–water partition coefficient (Wildman–Crippen LogP) is 2.76. The molecule has 2 nitrogen and oxygen atoms in total. The zero-order valence-electron chi connectivity index (χ0n) is 11.7. The Labute approximate surface area is 106 Å². The molecule has 0 amide bonds. The first-order valence-electron chi connectivity index (χ1n) is 6.49. The topological polar surface area (TPSA) is 29.3 Å². The fraction of sp³-hybridized carbons (Fsp3) is 0.600. The molecule has 0 atom stereocenters. The van der Waals surface area contributed by atoms with E-state index < -0.39 is 0 Å². The van der Waals surface area contributed by atoms with Gasteiger partial charge in [0, 0.05) is 19.6 Å². The molecule has 0 bridgehead atoms. The zero-order valence-corrected chi connectivity index (χ0v) is 11.7. The molecule has 0 fully saturated rings. The molecule has 0 unspecified atom stereocenters. The van der Waals surface area contributed by atoms with E-state index in [1.54, 1.807) is 0 Å². The number of benzene rings is 1. The van der Waals surface area contributed by atoms with E-state index in [0.717, 1.165) is 26.2 Å². The normalized spacial score (nSPS) is 12.1. The largest absolute Gasteiger partial charge is 0.329 e. The highest BCUT2D eigenvalue weighted by Crippen LogP contribution is 2.26. The third kappa shape index (κ3) is 4.14. The Balaban J connectivity index is 2.90. The van der Waals surface area contributed by atoms with Gasteiger partial charge in [0.15, 0.2) is 0 Å². The number of hydrogen-bond donors (Lipinski definition) is 1. The summed E-state index contributed by atoms with van der Waals surface area (Å²) in [6.07, 6.45) is 0. The van der Waals surface area contributed by atoms with Crippen molar-refractivity contribution in [1.29, 1.82) is 0 Å². The third-order valence-electron chi connectivity index (χ3n) is 3.11. The van der Waals surface area contributed by atoms with Crippen molar-refractivity contribution in [3.05, 3.63) is 35.4 Å². The summed E-state index contributed by atoms with van der Waals surface area (Å²) < 4.78 is 0. The van der Waals surface area contributed by atoms with Gasteiger partial charge < -0.3 is 5.73 Å². The number of rotatable bonds is 5. The van der Waals surface area contributed by atoms with Crippen LogP contribution in [0.3, 0.4) is 0 Å². The molecule has 2 heteroatoms. The number of likely N-dealkylation sites (N-methyl/N-ethyl adjacent to an activating group) is 1. The summed E-state index contributed by atoms with van der Waals surface area (Å²) in [6, 6.07) is 8.73. The summed E-state index contributed by atoms with van der Waals surface area (Å²) in [5, 5.41) is 0. The highest BCUT2D eigenvalue weighted by Gasteiger charge is 2.18. The summed E-state index contributed by atoms with van der Waals surface area (Å²) >= 11 is 0. The van der Waals surface area contributed by atoms with Crippen LogP contribution >= 0.6 is 0 Å². The van der Waals surface area contributed by atoms with Crippen molar-refractivity contribution in [3.63, 3.8) is 0 Å². The maximum absolute atomic E-state index is 5.64. The molecule has 1 aromatic rings. The molecule has 0 saturated carbocycles. The summed E-state index contributed by atoms with van der Waals surface area (Å²) in [4.78, 5) is 2.39. The average Bonchev–Trinajstić information content (AvgIpc) is 2.27. The molecular weight excluding hydrogens is 208 g/mol. The van der Waals surface area contributed by atoms with Gasteiger partial charge in [-0.3, -0.25) is 4.90 Å². The fourth-order valence-electron chi connectivity index (χ4n) is 2.16. The molecular formula is C15H26N2. The van der Waals surface area contributed by atoms with Crippen LogP contribution in [0.1, 0.15) is 38.8 Å². The van der Waals surface area contributed by atoms with Gasteiger partial charge in [0.25, 0.3) is 0 Å². The Hall–Kier alpha value is -0.860. The molecule has 0 aliphatic heterocycles. The number of hydrogen-bond acceptors (Lipinski definition) is 2. The quantitative estimate of drug-likeness (QED) is 0.849. The Kier molecular flexibility index (Phi) is 5.16. The second kappa shape index (κ2) is 6.18. The minimum Gasteiger partial charge on any atom is -0.329 e. The lowest BCUT2D eigenvalue weighted by atomic mass is 9.83. The highest BCUT2D eigenvalue weighted by atomic mass is 15.1. The fourth-order valence-corrected chi connectivity index (χ4v) is 2.16. The molecule has 0 aliphatic carbocycles. The van der Waals surface area contributed by atoms with Crippen LogP contribution in [0.2, 0.25) is 0 Å². The van der Waals surface area contributed by atoms with E-state index in [1.807, 2.05) is 0 Å². The third-order valence-corrected chi connectivity index (χ3v) is 3.11. The van der Waals surface area contributed by atoms with Crippen LogP contribution in [0.15, 0.2) is 24.3 Å². The van der Waals surface area contributed by atoms with Crippen molar-refractivity contribution in [2.75, 3.05) is 19.6 Å². The lowest BCUT2D eigenvalue weighted by molar-refractivity contribution is 0.286. The van der Waals surface area contributed by atoms with E-state index in [4.69, 9.17) is 5.73 Å². The van der Waals surface area contributed by atoms with Gasteiger partial charge in [-0.1, -0.05) is 52.0 Å². The van der Waals surface area contributed by atoms with Crippen molar-refractivity contribution in [3.8, 4) is 0 Å². The van der Waals surface area contributed by atoms with Crippen molar-refractivity contribution < 1.29 is 0 Å². The standard InChI is InChI=1S/C15H26N2/c1-5-17(11-10-16)12-13-8-6-7-9-14(13)15(2,3)4/h6-9H,5,10-12,16H2,1-4H3. The number of nitrogens with two attached hydrogens (primary N) is 1. The van der Waals surface area contributed by atoms with Crippen LogP contribution in [0.5, 0.6) is 0 Å². The van der Waals surface area contributed by atoms with Gasteiger partial charge in [-0.25, -0.2) is 0 Å². The van der Waals surface area contributed by atoms with Crippen LogP contribution < -0.4 is 5.73 Å². The molecule has 2 N–H and O–H groups in total. The Morgan fingerprint density at radius 2 is 1.82 bits per heavy atom. The minimum absolute atomic E-state index is 0.207. The van der Waals surface area contributed by atoms with E-state index in [0.29, 0.717) is 0 Å². The van der Waals surface area contributed by atoms with Gasteiger partial charge >= 0.3 is 0 Å². The number of nitrogens with zero attached hydrogens (tertiary/aromatic N) is 1. The van der Waals surface area contributed by atoms with Gasteiger partial charge in [-0.2, -0.15) is 0 Å². The highest BCUT2D eigenvalue weighted by molar-refractivity contribution is 5.32. The summed E-state index contributed by atoms with van der Waals surface area (Å²) in [7, 11) is 0. The Bertz CT molecular complexity index is 339. The van der Waals surface area contributed by atoms with Crippen LogP contribution in [0.4, 0.5) is 0 Å². The lowest BCUT2D eigenvalue weighted by Gasteiger charge is -2.26. The molecule has 96 valence electrons. The first kappa shape index (κ1) is 14.2. The Morgan fingerprint density at radius 3 is 2.35 bits per heavy atom. The molecule has 0 radical (unpaired) electrons. The van der Waals surface area contributed by atoms with E-state index in [2.05, 4.69) is 56.9 Å². The van der Waals surface area contributed by atoms with Crippen LogP contribution in [0, 0.1) is 0 Å². The van der Waals surface area contributed by atoms with Gasteiger partial charge in [-0.05, 0) is 23.1 Å². The van der Waals surface area contributed by atoms with Crippen LogP contribution in [0.25, 0.3) is 0 Å². The van der Waals surface area contributed by atoms with E-state index >= 15 is 0 Å². The Morgan fingerprint density at radius 1 is 1.18 bits per heavy atom. The average molecular weight is 234 g/mol. The predicted molar refractivity (Wildman–Crippen MR) is 75.1 cm³/mol. The molecule has 17 heavy (non-hydrogen) atoms. The molecule has 1 aromatic carbocycles.